The van der Waals surface area contributed by atoms with Crippen molar-refractivity contribution in [1.82, 2.24) is 4.31 Å². The SMILES string of the molecule is COc1ccc(SN(CC(=O)N2CCCc3ccccc32)Cc2ccco2)cc1. The Morgan fingerprint density at radius 1 is 1.14 bits per heavy atom. The van der Waals surface area contributed by atoms with Crippen molar-refractivity contribution in [3.05, 3.63) is 78.3 Å². The van der Waals surface area contributed by atoms with Crippen molar-refractivity contribution in [2.24, 2.45) is 0 Å². The zero-order valence-corrected chi connectivity index (χ0v) is 17.2. The summed E-state index contributed by atoms with van der Waals surface area (Å²) in [6.45, 7) is 1.61. The number of amides is 1. The molecule has 0 radical (unpaired) electrons. The van der Waals surface area contributed by atoms with E-state index < -0.39 is 0 Å². The van der Waals surface area contributed by atoms with Crippen LogP contribution in [-0.4, -0.2) is 30.4 Å². The second-order valence-electron chi connectivity index (χ2n) is 6.92. The van der Waals surface area contributed by atoms with Gasteiger partial charge >= 0.3 is 0 Å². The summed E-state index contributed by atoms with van der Waals surface area (Å²) in [5, 5.41) is 0. The highest BCUT2D eigenvalue weighted by atomic mass is 32.2. The summed E-state index contributed by atoms with van der Waals surface area (Å²) in [5.74, 6) is 1.75. The molecule has 0 unspecified atom stereocenters. The van der Waals surface area contributed by atoms with Crippen molar-refractivity contribution in [2.75, 3.05) is 25.1 Å². The van der Waals surface area contributed by atoms with Gasteiger partial charge in [0.1, 0.15) is 11.5 Å². The first-order valence-electron chi connectivity index (χ1n) is 9.70. The molecule has 29 heavy (non-hydrogen) atoms. The second kappa shape index (κ2) is 9.20. The molecule has 2 aromatic carbocycles. The van der Waals surface area contributed by atoms with Crippen molar-refractivity contribution in [3.63, 3.8) is 0 Å². The van der Waals surface area contributed by atoms with Crippen LogP contribution < -0.4 is 9.64 Å². The maximum atomic E-state index is 13.2. The summed E-state index contributed by atoms with van der Waals surface area (Å²) >= 11 is 1.55. The highest BCUT2D eigenvalue weighted by Gasteiger charge is 2.24. The summed E-state index contributed by atoms with van der Waals surface area (Å²) in [4.78, 5) is 16.2. The van der Waals surface area contributed by atoms with E-state index in [1.807, 2.05) is 63.8 Å². The number of anilines is 1. The van der Waals surface area contributed by atoms with Gasteiger partial charge in [0, 0.05) is 17.1 Å². The van der Waals surface area contributed by atoms with Crippen LogP contribution in [0.15, 0.2) is 76.2 Å². The second-order valence-corrected chi connectivity index (χ2v) is 8.09. The molecular formula is C23H24N2O3S. The number of para-hydroxylation sites is 1. The fourth-order valence-electron chi connectivity index (χ4n) is 3.51. The number of carbonyl (C=O) groups excluding carboxylic acids is 1. The topological polar surface area (TPSA) is 45.9 Å². The zero-order valence-electron chi connectivity index (χ0n) is 16.4. The van der Waals surface area contributed by atoms with Crippen molar-refractivity contribution in [3.8, 4) is 5.75 Å². The third-order valence-electron chi connectivity index (χ3n) is 4.93. The standard InChI is InChI=1S/C23H24N2O3S/c1-27-19-10-12-21(13-11-19)29-24(16-20-8-5-15-28-20)17-23(26)25-14-4-7-18-6-2-3-9-22(18)25/h2-3,5-6,8-13,15H,4,7,14,16-17H2,1H3. The predicted molar refractivity (Wildman–Crippen MR) is 115 cm³/mol. The molecule has 1 amide bonds. The summed E-state index contributed by atoms with van der Waals surface area (Å²) < 4.78 is 12.8. The first-order chi connectivity index (χ1) is 14.2. The summed E-state index contributed by atoms with van der Waals surface area (Å²) in [6.07, 6.45) is 3.68. The average Bonchev–Trinajstić information content (AvgIpc) is 3.27. The maximum Gasteiger partial charge on any atom is 0.242 e. The van der Waals surface area contributed by atoms with E-state index in [0.717, 1.165) is 41.5 Å². The molecule has 0 saturated heterocycles. The van der Waals surface area contributed by atoms with Crippen LogP contribution in [-0.2, 0) is 17.8 Å². The van der Waals surface area contributed by atoms with Gasteiger partial charge in [-0.2, -0.15) is 0 Å². The molecule has 0 aliphatic carbocycles. The monoisotopic (exact) mass is 408 g/mol. The fraction of sp³-hybridized carbons (Fsp3) is 0.261. The minimum absolute atomic E-state index is 0.102. The molecular weight excluding hydrogens is 384 g/mol. The molecule has 3 aromatic rings. The quantitative estimate of drug-likeness (QED) is 0.527. The van der Waals surface area contributed by atoms with Crippen LogP contribution in [0.4, 0.5) is 5.69 Å². The lowest BCUT2D eigenvalue weighted by Gasteiger charge is -2.31. The van der Waals surface area contributed by atoms with Gasteiger partial charge in [-0.15, -0.1) is 0 Å². The first kappa shape index (κ1) is 19.6. The Hall–Kier alpha value is -2.70. The molecule has 1 aromatic heterocycles. The van der Waals surface area contributed by atoms with E-state index in [9.17, 15) is 4.79 Å². The number of hydrogen-bond donors (Lipinski definition) is 0. The molecule has 0 N–H and O–H groups in total. The van der Waals surface area contributed by atoms with Gasteiger partial charge in [0.25, 0.3) is 0 Å². The molecule has 0 bridgehead atoms. The number of furan rings is 1. The van der Waals surface area contributed by atoms with Crippen molar-refractivity contribution in [1.29, 1.82) is 0 Å². The van der Waals surface area contributed by atoms with Gasteiger partial charge in [-0.05, 0) is 72.8 Å². The van der Waals surface area contributed by atoms with Crippen molar-refractivity contribution in [2.45, 2.75) is 24.3 Å². The number of benzene rings is 2. The summed E-state index contributed by atoms with van der Waals surface area (Å²) in [7, 11) is 1.65. The number of ether oxygens (including phenoxy) is 1. The maximum absolute atomic E-state index is 13.2. The largest absolute Gasteiger partial charge is 0.497 e. The van der Waals surface area contributed by atoms with Gasteiger partial charge in [-0.1, -0.05) is 18.2 Å². The fourth-order valence-corrected chi connectivity index (χ4v) is 4.43. The molecule has 0 atom stereocenters. The van der Waals surface area contributed by atoms with E-state index in [2.05, 4.69) is 6.07 Å². The number of carbonyl (C=O) groups is 1. The Morgan fingerprint density at radius 2 is 1.97 bits per heavy atom. The third kappa shape index (κ3) is 4.83. The number of aryl methyl sites for hydroxylation is 1. The van der Waals surface area contributed by atoms with Gasteiger partial charge in [-0.3, -0.25) is 4.79 Å². The number of nitrogens with zero attached hydrogens (tertiary/aromatic N) is 2. The number of hydrogen-bond acceptors (Lipinski definition) is 5. The van der Waals surface area contributed by atoms with E-state index in [1.165, 1.54) is 5.56 Å². The summed E-state index contributed by atoms with van der Waals surface area (Å²) in [5.41, 5.74) is 2.28. The van der Waals surface area contributed by atoms with Gasteiger partial charge in [0.2, 0.25) is 5.91 Å². The van der Waals surface area contributed by atoms with E-state index in [-0.39, 0.29) is 5.91 Å². The molecule has 4 rings (SSSR count). The predicted octanol–water partition coefficient (Wildman–Crippen LogP) is 4.78. The van der Waals surface area contributed by atoms with Crippen LogP contribution in [0.25, 0.3) is 0 Å². The van der Waals surface area contributed by atoms with E-state index in [4.69, 9.17) is 9.15 Å². The number of rotatable bonds is 7. The van der Waals surface area contributed by atoms with E-state index >= 15 is 0 Å². The van der Waals surface area contributed by atoms with Gasteiger partial charge in [0.05, 0.1) is 26.5 Å². The van der Waals surface area contributed by atoms with Crippen molar-refractivity contribution >= 4 is 23.5 Å². The minimum atomic E-state index is 0.102. The van der Waals surface area contributed by atoms with Gasteiger partial charge < -0.3 is 14.1 Å². The van der Waals surface area contributed by atoms with Crippen LogP contribution in [0.2, 0.25) is 0 Å². The van der Waals surface area contributed by atoms with Crippen LogP contribution in [0.1, 0.15) is 17.7 Å². The van der Waals surface area contributed by atoms with Crippen LogP contribution in [0, 0.1) is 0 Å². The molecule has 150 valence electrons. The molecule has 0 fully saturated rings. The van der Waals surface area contributed by atoms with Crippen LogP contribution >= 0.6 is 11.9 Å². The zero-order chi connectivity index (χ0) is 20.1. The summed E-state index contributed by atoms with van der Waals surface area (Å²) in [6, 6.07) is 19.8. The van der Waals surface area contributed by atoms with Gasteiger partial charge in [0.15, 0.2) is 0 Å². The Labute approximate surface area is 175 Å². The molecule has 0 saturated carbocycles. The lowest BCUT2D eigenvalue weighted by atomic mass is 10.0. The Morgan fingerprint density at radius 3 is 2.72 bits per heavy atom. The molecule has 1 aliphatic heterocycles. The first-order valence-corrected chi connectivity index (χ1v) is 10.5. The Balaban J connectivity index is 1.51. The molecule has 5 nitrogen and oxygen atoms in total. The van der Waals surface area contributed by atoms with Crippen LogP contribution in [0.5, 0.6) is 5.75 Å². The van der Waals surface area contributed by atoms with Gasteiger partial charge in [-0.25, -0.2) is 4.31 Å². The minimum Gasteiger partial charge on any atom is -0.497 e. The van der Waals surface area contributed by atoms with E-state index in [1.54, 1.807) is 25.3 Å². The smallest absolute Gasteiger partial charge is 0.242 e. The molecule has 1 aliphatic rings. The molecule has 6 heteroatoms. The lowest BCUT2D eigenvalue weighted by molar-refractivity contribution is -0.118. The third-order valence-corrected chi connectivity index (χ3v) is 5.93. The lowest BCUT2D eigenvalue weighted by Crippen LogP contribution is -2.41. The normalized spacial score (nSPS) is 13.4. The Bertz CT molecular complexity index is 941. The average molecular weight is 409 g/mol. The number of methoxy groups -OCH3 is 1. The number of fused-ring (bicyclic) bond motifs is 1. The highest BCUT2D eigenvalue weighted by Crippen LogP contribution is 2.29. The van der Waals surface area contributed by atoms with E-state index in [0.29, 0.717) is 13.1 Å². The molecule has 0 spiro atoms. The van der Waals surface area contributed by atoms with Crippen LogP contribution in [0.3, 0.4) is 0 Å². The molecule has 2 heterocycles. The Kier molecular flexibility index (Phi) is 6.22. The highest BCUT2D eigenvalue weighted by molar-refractivity contribution is 7.97. The van der Waals surface area contributed by atoms with Crippen molar-refractivity contribution < 1.29 is 13.9 Å².